The zero-order chi connectivity index (χ0) is 40.8. The molecule has 1 atom stereocenters. The lowest BCUT2D eigenvalue weighted by molar-refractivity contribution is 0.769. The summed E-state index contributed by atoms with van der Waals surface area (Å²) in [5.74, 6) is 1.91. The van der Waals surface area contributed by atoms with Gasteiger partial charge in [0.05, 0.1) is 17.0 Å². The molecule has 61 heavy (non-hydrogen) atoms. The van der Waals surface area contributed by atoms with Crippen LogP contribution in [-0.2, 0) is 5.41 Å². The van der Waals surface area contributed by atoms with Gasteiger partial charge in [0.2, 0.25) is 0 Å². The molecule has 0 bridgehead atoms. The Hall–Kier alpha value is -8.26. The highest BCUT2D eigenvalue weighted by Gasteiger charge is 2.46. The minimum Gasteiger partial charge on any atom is -0.208 e. The number of hydrogen-bond donors (Lipinski definition) is 0. The van der Waals surface area contributed by atoms with E-state index >= 15 is 0 Å². The quantitative estimate of drug-likeness (QED) is 0.162. The largest absolute Gasteiger partial charge is 0.208 e. The molecular formula is C57H36N4. The monoisotopic (exact) mass is 776 g/mol. The molecule has 284 valence electrons. The summed E-state index contributed by atoms with van der Waals surface area (Å²) in [6.45, 7) is 0. The zero-order valence-electron chi connectivity index (χ0n) is 33.1. The van der Waals surface area contributed by atoms with Crippen molar-refractivity contribution in [2.24, 2.45) is 0 Å². The molecule has 0 saturated heterocycles. The summed E-state index contributed by atoms with van der Waals surface area (Å²) >= 11 is 0. The second kappa shape index (κ2) is 14.8. The van der Waals surface area contributed by atoms with Gasteiger partial charge in [0.25, 0.3) is 0 Å². The normalized spacial score (nSPS) is 14.0. The van der Waals surface area contributed by atoms with E-state index in [1.165, 1.54) is 44.2 Å². The standard InChI is InChI=1S/C57H36N4/c58-37-38-22-24-39(25-23-38)40-30-33-47(34-31-40)57(51-21-10-9-20-50(51)53-49-19-8-7-12-42(49)32-35-52(53)57)48-18-11-17-46(36-48)41-26-28-45(29-27-41)56-60-54(43-13-3-1-4-14-43)59-55(61-56)44-15-5-2-6-16-44/h1-36H. The van der Waals surface area contributed by atoms with E-state index in [4.69, 9.17) is 15.0 Å². The number of fused-ring (bicyclic) bond motifs is 5. The molecule has 1 aliphatic rings. The highest BCUT2D eigenvalue weighted by Crippen LogP contribution is 2.58. The Bertz CT molecular complexity index is 3220. The first-order chi connectivity index (χ1) is 30.2. The Labute approximate surface area is 354 Å². The number of aromatic nitrogens is 3. The van der Waals surface area contributed by atoms with Crippen LogP contribution in [0.5, 0.6) is 0 Å². The number of rotatable bonds is 7. The fourth-order valence-corrected chi connectivity index (χ4v) is 9.17. The van der Waals surface area contributed by atoms with Crippen LogP contribution in [0, 0.1) is 11.3 Å². The summed E-state index contributed by atoms with van der Waals surface area (Å²) in [6, 6.07) is 79.1. The van der Waals surface area contributed by atoms with Crippen molar-refractivity contribution in [3.8, 4) is 73.6 Å². The third-order valence-electron chi connectivity index (χ3n) is 12.1. The average molecular weight is 777 g/mol. The predicted molar refractivity (Wildman–Crippen MR) is 247 cm³/mol. The molecule has 0 fully saturated rings. The second-order valence-corrected chi connectivity index (χ2v) is 15.5. The van der Waals surface area contributed by atoms with Crippen LogP contribution in [0.1, 0.15) is 27.8 Å². The van der Waals surface area contributed by atoms with Crippen molar-refractivity contribution in [1.82, 2.24) is 15.0 Å². The molecule has 0 amide bonds. The van der Waals surface area contributed by atoms with Gasteiger partial charge in [0, 0.05) is 16.7 Å². The van der Waals surface area contributed by atoms with Gasteiger partial charge in [-0.25, -0.2) is 15.0 Å². The highest BCUT2D eigenvalue weighted by atomic mass is 15.0. The van der Waals surface area contributed by atoms with Crippen LogP contribution in [-0.4, -0.2) is 15.0 Å². The van der Waals surface area contributed by atoms with Gasteiger partial charge in [0.15, 0.2) is 17.5 Å². The van der Waals surface area contributed by atoms with Gasteiger partial charge >= 0.3 is 0 Å². The van der Waals surface area contributed by atoms with Crippen molar-refractivity contribution >= 4 is 10.8 Å². The maximum atomic E-state index is 9.40. The molecule has 1 aliphatic carbocycles. The van der Waals surface area contributed by atoms with Crippen LogP contribution in [0.25, 0.3) is 78.3 Å². The van der Waals surface area contributed by atoms with Crippen molar-refractivity contribution < 1.29 is 0 Å². The van der Waals surface area contributed by atoms with Crippen LogP contribution >= 0.6 is 0 Å². The van der Waals surface area contributed by atoms with Gasteiger partial charge in [-0.15, -0.1) is 0 Å². The summed E-state index contributed by atoms with van der Waals surface area (Å²) in [5.41, 5.74) is 14.7. The number of hydrogen-bond acceptors (Lipinski definition) is 4. The fourth-order valence-electron chi connectivity index (χ4n) is 9.17. The topological polar surface area (TPSA) is 62.5 Å². The smallest absolute Gasteiger partial charge is 0.164 e. The van der Waals surface area contributed by atoms with Crippen molar-refractivity contribution in [2.75, 3.05) is 0 Å². The van der Waals surface area contributed by atoms with Crippen LogP contribution < -0.4 is 0 Å². The average Bonchev–Trinajstić information content (AvgIpc) is 3.66. The molecule has 0 radical (unpaired) electrons. The van der Waals surface area contributed by atoms with E-state index in [0.29, 0.717) is 23.0 Å². The van der Waals surface area contributed by atoms with Crippen molar-refractivity contribution in [1.29, 1.82) is 5.26 Å². The predicted octanol–water partition coefficient (Wildman–Crippen LogP) is 13.6. The van der Waals surface area contributed by atoms with Crippen molar-refractivity contribution in [2.45, 2.75) is 5.41 Å². The van der Waals surface area contributed by atoms with Crippen molar-refractivity contribution in [3.05, 3.63) is 246 Å². The van der Waals surface area contributed by atoms with Crippen LogP contribution in [0.15, 0.2) is 218 Å². The molecule has 0 saturated carbocycles. The summed E-state index contributed by atoms with van der Waals surface area (Å²) in [6.07, 6.45) is 0. The Morgan fingerprint density at radius 2 is 0.869 bits per heavy atom. The second-order valence-electron chi connectivity index (χ2n) is 15.5. The molecule has 11 rings (SSSR count). The SMILES string of the molecule is N#Cc1ccc(-c2ccc(C3(c4cccc(-c5ccc(-c6nc(-c7ccccc7)nc(-c7ccccc7)n6)cc5)c4)c4ccccc4-c4c3ccc3ccccc43)cc2)cc1. The van der Waals surface area contributed by atoms with E-state index < -0.39 is 5.41 Å². The molecule has 9 aromatic carbocycles. The molecule has 1 aromatic heterocycles. The van der Waals surface area contributed by atoms with E-state index in [2.05, 4.69) is 140 Å². The number of benzene rings is 9. The maximum absolute atomic E-state index is 9.40. The van der Waals surface area contributed by atoms with E-state index in [1.807, 2.05) is 84.9 Å². The van der Waals surface area contributed by atoms with Crippen molar-refractivity contribution in [3.63, 3.8) is 0 Å². The lowest BCUT2D eigenvalue weighted by Crippen LogP contribution is -2.28. The molecule has 1 unspecified atom stereocenters. The third-order valence-corrected chi connectivity index (χ3v) is 12.1. The first kappa shape index (κ1) is 35.9. The minimum atomic E-state index is -0.596. The van der Waals surface area contributed by atoms with E-state index in [0.717, 1.165) is 38.9 Å². The third kappa shape index (κ3) is 6.11. The summed E-state index contributed by atoms with van der Waals surface area (Å²) in [4.78, 5) is 14.8. The molecule has 4 nitrogen and oxygen atoms in total. The molecule has 10 aromatic rings. The Balaban J connectivity index is 1.05. The van der Waals surface area contributed by atoms with E-state index in [1.54, 1.807) is 0 Å². The van der Waals surface area contributed by atoms with Gasteiger partial charge in [-0.2, -0.15) is 5.26 Å². The molecular weight excluding hydrogens is 741 g/mol. The van der Waals surface area contributed by atoms with Gasteiger partial charge in [-0.1, -0.05) is 200 Å². The Morgan fingerprint density at radius 3 is 1.52 bits per heavy atom. The molecule has 4 heteroatoms. The van der Waals surface area contributed by atoms with Gasteiger partial charge < -0.3 is 0 Å². The molecule has 0 aliphatic heterocycles. The first-order valence-electron chi connectivity index (χ1n) is 20.5. The zero-order valence-corrected chi connectivity index (χ0v) is 33.1. The van der Waals surface area contributed by atoms with Crippen LogP contribution in [0.3, 0.4) is 0 Å². The van der Waals surface area contributed by atoms with E-state index in [9.17, 15) is 5.26 Å². The molecule has 0 spiro atoms. The highest BCUT2D eigenvalue weighted by molar-refractivity contribution is 6.04. The Morgan fingerprint density at radius 1 is 0.361 bits per heavy atom. The lowest BCUT2D eigenvalue weighted by Gasteiger charge is -2.34. The number of nitriles is 1. The number of nitrogens with zero attached hydrogens (tertiary/aromatic N) is 4. The van der Waals surface area contributed by atoms with Crippen LogP contribution in [0.2, 0.25) is 0 Å². The van der Waals surface area contributed by atoms with Crippen LogP contribution in [0.4, 0.5) is 0 Å². The first-order valence-corrected chi connectivity index (χ1v) is 20.5. The lowest BCUT2D eigenvalue weighted by atomic mass is 9.67. The molecule has 0 N–H and O–H groups in total. The molecule has 1 heterocycles. The summed E-state index contributed by atoms with van der Waals surface area (Å²) < 4.78 is 0. The fraction of sp³-hybridized carbons (Fsp3) is 0.0175. The van der Waals surface area contributed by atoms with Gasteiger partial charge in [-0.05, 0) is 84.6 Å². The maximum Gasteiger partial charge on any atom is 0.164 e. The minimum absolute atomic E-state index is 0.596. The van der Waals surface area contributed by atoms with E-state index in [-0.39, 0.29) is 0 Å². The van der Waals surface area contributed by atoms with Gasteiger partial charge in [-0.3, -0.25) is 0 Å². The summed E-state index contributed by atoms with van der Waals surface area (Å²) in [7, 11) is 0. The summed E-state index contributed by atoms with van der Waals surface area (Å²) in [5, 5.41) is 11.9. The van der Waals surface area contributed by atoms with Gasteiger partial charge in [0.1, 0.15) is 0 Å². The Kier molecular flexibility index (Phi) is 8.73.